The molecule has 0 saturated carbocycles. The SMILES string of the molecule is OCCN(CCO)c1ccc2nnc(-c3ccccc3Cl)n2n1. The topological polar surface area (TPSA) is 86.8 Å². The Kier molecular flexibility index (Phi) is 4.71. The van der Waals surface area contributed by atoms with Gasteiger partial charge in [0, 0.05) is 18.7 Å². The third-order valence-corrected chi connectivity index (χ3v) is 3.76. The van der Waals surface area contributed by atoms with Crippen LogP contribution in [0.2, 0.25) is 5.02 Å². The first-order chi connectivity index (χ1) is 11.2. The molecule has 2 aromatic heterocycles. The molecule has 0 unspecified atom stereocenters. The van der Waals surface area contributed by atoms with E-state index in [-0.39, 0.29) is 13.2 Å². The van der Waals surface area contributed by atoms with Crippen LogP contribution >= 0.6 is 11.6 Å². The lowest BCUT2D eigenvalue weighted by molar-refractivity contribution is 0.280. The Morgan fingerprint density at radius 1 is 1.00 bits per heavy atom. The van der Waals surface area contributed by atoms with Crippen molar-refractivity contribution in [3.05, 3.63) is 41.4 Å². The highest BCUT2D eigenvalue weighted by atomic mass is 35.5. The highest BCUT2D eigenvalue weighted by Crippen LogP contribution is 2.26. The smallest absolute Gasteiger partial charge is 0.186 e. The first kappa shape index (κ1) is 15.7. The second-order valence-electron chi connectivity index (χ2n) is 4.90. The van der Waals surface area contributed by atoms with Crippen molar-refractivity contribution < 1.29 is 10.2 Å². The van der Waals surface area contributed by atoms with Crippen molar-refractivity contribution >= 4 is 23.1 Å². The molecular formula is C15H16ClN5O2. The van der Waals surface area contributed by atoms with Crippen LogP contribution < -0.4 is 4.90 Å². The van der Waals surface area contributed by atoms with Crippen molar-refractivity contribution in [3.8, 4) is 11.4 Å². The second kappa shape index (κ2) is 6.91. The Morgan fingerprint density at radius 3 is 2.43 bits per heavy atom. The number of benzene rings is 1. The van der Waals surface area contributed by atoms with Crippen molar-refractivity contribution in [1.82, 2.24) is 19.8 Å². The number of hydrogen-bond acceptors (Lipinski definition) is 6. The zero-order valence-corrected chi connectivity index (χ0v) is 13.1. The van der Waals surface area contributed by atoms with Crippen LogP contribution in [-0.4, -0.2) is 56.3 Å². The van der Waals surface area contributed by atoms with E-state index in [0.717, 1.165) is 5.56 Å². The molecule has 1 aromatic carbocycles. The van der Waals surface area contributed by atoms with Crippen molar-refractivity contribution in [2.45, 2.75) is 0 Å². The first-order valence-electron chi connectivity index (χ1n) is 7.18. The number of aliphatic hydroxyl groups excluding tert-OH is 2. The Balaban J connectivity index is 2.08. The van der Waals surface area contributed by atoms with Crippen molar-refractivity contribution in [2.24, 2.45) is 0 Å². The molecule has 0 saturated heterocycles. The van der Waals surface area contributed by atoms with Crippen LogP contribution in [0.3, 0.4) is 0 Å². The lowest BCUT2D eigenvalue weighted by Crippen LogP contribution is -2.30. The summed E-state index contributed by atoms with van der Waals surface area (Å²) in [7, 11) is 0. The number of halogens is 1. The number of anilines is 1. The summed E-state index contributed by atoms with van der Waals surface area (Å²) in [5.41, 5.74) is 1.33. The van der Waals surface area contributed by atoms with Gasteiger partial charge in [-0.3, -0.25) is 0 Å². The van der Waals surface area contributed by atoms with E-state index < -0.39 is 0 Å². The van der Waals surface area contributed by atoms with Gasteiger partial charge in [0.25, 0.3) is 0 Å². The quantitative estimate of drug-likeness (QED) is 0.705. The Bertz CT molecular complexity index is 801. The average Bonchev–Trinajstić information content (AvgIpc) is 2.98. The Hall–Kier alpha value is -2.22. The van der Waals surface area contributed by atoms with Crippen molar-refractivity contribution in [3.63, 3.8) is 0 Å². The maximum atomic E-state index is 9.17. The monoisotopic (exact) mass is 333 g/mol. The van der Waals surface area contributed by atoms with Crippen molar-refractivity contribution in [1.29, 1.82) is 0 Å². The molecule has 0 aliphatic heterocycles. The molecule has 2 N–H and O–H groups in total. The molecule has 3 rings (SSSR count). The maximum absolute atomic E-state index is 9.17. The Morgan fingerprint density at radius 2 is 1.74 bits per heavy atom. The Labute approximate surface area is 137 Å². The van der Waals surface area contributed by atoms with Crippen LogP contribution in [0.15, 0.2) is 36.4 Å². The molecule has 7 nitrogen and oxygen atoms in total. The molecular weight excluding hydrogens is 318 g/mol. The number of rotatable bonds is 6. The van der Waals surface area contributed by atoms with Crippen LogP contribution in [0.4, 0.5) is 5.82 Å². The van der Waals surface area contributed by atoms with Gasteiger partial charge in [0.15, 0.2) is 11.5 Å². The standard InChI is InChI=1S/C15H16ClN5O2/c16-12-4-2-1-3-11(12)15-18-17-13-5-6-14(19-21(13)15)20(7-9-22)8-10-23/h1-6,22-23H,7-10H2. The molecule has 0 spiro atoms. The minimum Gasteiger partial charge on any atom is -0.395 e. The minimum atomic E-state index is -0.0285. The minimum absolute atomic E-state index is 0.0285. The third-order valence-electron chi connectivity index (χ3n) is 3.43. The average molecular weight is 334 g/mol. The summed E-state index contributed by atoms with van der Waals surface area (Å²) in [6.45, 7) is 0.698. The summed E-state index contributed by atoms with van der Waals surface area (Å²) >= 11 is 6.23. The normalized spacial score (nSPS) is 11.1. The van der Waals surface area contributed by atoms with Crippen LogP contribution in [0.25, 0.3) is 17.0 Å². The fraction of sp³-hybridized carbons (Fsp3) is 0.267. The van der Waals surface area contributed by atoms with Gasteiger partial charge in [0.05, 0.1) is 18.2 Å². The highest BCUT2D eigenvalue weighted by molar-refractivity contribution is 6.33. The van der Waals surface area contributed by atoms with E-state index in [2.05, 4.69) is 15.3 Å². The first-order valence-corrected chi connectivity index (χ1v) is 7.56. The number of hydrogen-bond donors (Lipinski definition) is 2. The van der Waals surface area contributed by atoms with Crippen LogP contribution in [0.1, 0.15) is 0 Å². The van der Waals surface area contributed by atoms with E-state index in [0.29, 0.717) is 35.4 Å². The van der Waals surface area contributed by atoms with E-state index in [1.165, 1.54) is 0 Å². The van der Waals surface area contributed by atoms with Crippen LogP contribution in [-0.2, 0) is 0 Å². The summed E-state index contributed by atoms with van der Waals surface area (Å²) in [5.74, 6) is 1.16. The van der Waals surface area contributed by atoms with E-state index in [4.69, 9.17) is 21.8 Å². The van der Waals surface area contributed by atoms with Crippen LogP contribution in [0.5, 0.6) is 0 Å². The lowest BCUT2D eigenvalue weighted by atomic mass is 10.2. The van der Waals surface area contributed by atoms with Gasteiger partial charge in [-0.1, -0.05) is 23.7 Å². The van der Waals surface area contributed by atoms with Gasteiger partial charge in [0.1, 0.15) is 5.82 Å². The molecule has 0 bridgehead atoms. The van der Waals surface area contributed by atoms with Gasteiger partial charge >= 0.3 is 0 Å². The van der Waals surface area contributed by atoms with E-state index in [9.17, 15) is 0 Å². The second-order valence-corrected chi connectivity index (χ2v) is 5.31. The zero-order chi connectivity index (χ0) is 16.2. The molecule has 8 heteroatoms. The summed E-state index contributed by atoms with van der Waals surface area (Å²) in [5, 5.41) is 31.7. The highest BCUT2D eigenvalue weighted by Gasteiger charge is 2.14. The fourth-order valence-electron chi connectivity index (χ4n) is 2.34. The third kappa shape index (κ3) is 3.12. The molecule has 120 valence electrons. The molecule has 0 radical (unpaired) electrons. The molecule has 3 aromatic rings. The molecule has 0 amide bonds. The molecule has 0 atom stereocenters. The zero-order valence-electron chi connectivity index (χ0n) is 12.3. The summed E-state index contributed by atoms with van der Waals surface area (Å²) in [6.07, 6.45) is 0. The molecule has 0 aliphatic carbocycles. The molecule has 2 heterocycles. The van der Waals surface area contributed by atoms with E-state index in [1.807, 2.05) is 18.2 Å². The molecule has 0 fully saturated rings. The predicted octanol–water partition coefficient (Wildman–Crippen LogP) is 1.24. The van der Waals surface area contributed by atoms with Gasteiger partial charge < -0.3 is 15.1 Å². The maximum Gasteiger partial charge on any atom is 0.186 e. The van der Waals surface area contributed by atoms with Crippen LogP contribution in [0, 0.1) is 0 Å². The summed E-state index contributed by atoms with van der Waals surface area (Å²) in [6, 6.07) is 10.9. The van der Waals surface area contributed by atoms with Crippen molar-refractivity contribution in [2.75, 3.05) is 31.2 Å². The van der Waals surface area contributed by atoms with Gasteiger partial charge in [0.2, 0.25) is 0 Å². The molecule has 23 heavy (non-hydrogen) atoms. The largest absolute Gasteiger partial charge is 0.395 e. The number of aliphatic hydroxyl groups is 2. The predicted molar refractivity (Wildman–Crippen MR) is 87.6 cm³/mol. The number of nitrogens with zero attached hydrogens (tertiary/aromatic N) is 5. The van der Waals surface area contributed by atoms with Gasteiger partial charge in [-0.05, 0) is 24.3 Å². The number of fused-ring (bicyclic) bond motifs is 1. The fourth-order valence-corrected chi connectivity index (χ4v) is 2.56. The van der Waals surface area contributed by atoms with E-state index >= 15 is 0 Å². The number of aromatic nitrogens is 4. The molecule has 0 aliphatic rings. The van der Waals surface area contributed by atoms with E-state index in [1.54, 1.807) is 27.6 Å². The summed E-state index contributed by atoms with van der Waals surface area (Å²) < 4.78 is 1.61. The lowest BCUT2D eigenvalue weighted by Gasteiger charge is -2.21. The summed E-state index contributed by atoms with van der Waals surface area (Å²) in [4.78, 5) is 1.79. The van der Waals surface area contributed by atoms with Gasteiger partial charge in [-0.15, -0.1) is 15.3 Å². The van der Waals surface area contributed by atoms with Gasteiger partial charge in [-0.2, -0.15) is 4.52 Å². The van der Waals surface area contributed by atoms with Gasteiger partial charge in [-0.25, -0.2) is 0 Å².